The van der Waals surface area contributed by atoms with E-state index in [2.05, 4.69) is 58.3 Å². The Morgan fingerprint density at radius 2 is 1.52 bits per heavy atom. The van der Waals surface area contributed by atoms with Gasteiger partial charge >= 0.3 is 6.09 Å². The van der Waals surface area contributed by atoms with Crippen molar-refractivity contribution in [3.8, 4) is 0 Å². The van der Waals surface area contributed by atoms with Gasteiger partial charge in [-0.05, 0) is 124 Å². The molecule has 0 aromatic rings. The van der Waals surface area contributed by atoms with Gasteiger partial charge in [0, 0.05) is 32.5 Å². The molecule has 4 aliphatic carbocycles. The van der Waals surface area contributed by atoms with Crippen molar-refractivity contribution in [3.05, 3.63) is 11.6 Å². The topological polar surface area (TPSA) is 114 Å². The maximum absolute atomic E-state index is 13.1. The normalized spacial score (nSPS) is 28.2. The summed E-state index contributed by atoms with van der Waals surface area (Å²) in [5, 5.41) is 5.93. The van der Waals surface area contributed by atoms with Crippen molar-refractivity contribution >= 4 is 17.9 Å². The molecule has 4 aliphatic rings. The Morgan fingerprint density at radius 1 is 0.810 bits per heavy atom. The predicted octanol–water partition coefficient (Wildman–Crippen LogP) is 11.5. The van der Waals surface area contributed by atoms with E-state index in [4.69, 9.17) is 10.5 Å². The molecule has 0 aromatic carbocycles. The van der Waals surface area contributed by atoms with Crippen LogP contribution in [-0.4, -0.2) is 61.6 Å². The summed E-state index contributed by atoms with van der Waals surface area (Å²) < 4.78 is 6.04. The second kappa shape index (κ2) is 25.0. The van der Waals surface area contributed by atoms with Gasteiger partial charge in [0.25, 0.3) is 0 Å². The van der Waals surface area contributed by atoms with Gasteiger partial charge in [-0.15, -0.1) is 0 Å². The van der Waals surface area contributed by atoms with Gasteiger partial charge in [0.2, 0.25) is 11.8 Å². The summed E-state index contributed by atoms with van der Waals surface area (Å²) in [5.41, 5.74) is 7.91. The van der Waals surface area contributed by atoms with E-state index in [0.29, 0.717) is 38.0 Å². The van der Waals surface area contributed by atoms with Gasteiger partial charge in [0.05, 0.1) is 6.54 Å². The molecular formula is C50H90N4O4. The van der Waals surface area contributed by atoms with Crippen molar-refractivity contribution in [2.75, 3.05) is 32.7 Å². The average Bonchev–Trinajstić information content (AvgIpc) is 3.55. The number of unbranched alkanes of at least 4 members (excludes halogenated alkanes) is 10. The van der Waals surface area contributed by atoms with Gasteiger partial charge in [0.1, 0.15) is 6.10 Å². The van der Waals surface area contributed by atoms with Crippen molar-refractivity contribution in [2.24, 2.45) is 52.1 Å². The van der Waals surface area contributed by atoms with Gasteiger partial charge < -0.3 is 26.0 Å². The second-order valence-electron chi connectivity index (χ2n) is 20.4. The lowest BCUT2D eigenvalue weighted by molar-refractivity contribution is -0.136. The monoisotopic (exact) mass is 811 g/mol. The van der Waals surface area contributed by atoms with E-state index >= 15 is 0 Å². The van der Waals surface area contributed by atoms with Gasteiger partial charge in [0.15, 0.2) is 0 Å². The molecule has 0 radical (unpaired) electrons. The molecule has 3 amide bonds. The summed E-state index contributed by atoms with van der Waals surface area (Å²) in [5.74, 6) is 4.96. The average molecular weight is 811 g/mol. The highest BCUT2D eigenvalue weighted by Gasteiger charge is 2.59. The number of hydrogen-bond donors (Lipinski definition) is 3. The molecule has 0 aromatic heterocycles. The van der Waals surface area contributed by atoms with Crippen LogP contribution < -0.4 is 16.4 Å². The fraction of sp³-hybridized carbons (Fsp3) is 0.900. The molecular weight excluding hydrogens is 721 g/mol. The summed E-state index contributed by atoms with van der Waals surface area (Å²) >= 11 is 0. The van der Waals surface area contributed by atoms with Crippen LogP contribution >= 0.6 is 0 Å². The maximum Gasteiger partial charge on any atom is 0.407 e. The van der Waals surface area contributed by atoms with Crippen LogP contribution in [-0.2, 0) is 14.3 Å². The van der Waals surface area contributed by atoms with Crippen LogP contribution in [0.1, 0.15) is 202 Å². The lowest BCUT2D eigenvalue weighted by atomic mass is 9.47. The summed E-state index contributed by atoms with van der Waals surface area (Å²) in [6, 6.07) is 0. The van der Waals surface area contributed by atoms with E-state index in [0.717, 1.165) is 99.7 Å². The SMILES string of the molecule is CCCCCCCCCCC(=O)N(CCCCCCNC(=O)O[C@H]1CC[C@@]2(C)C(=CC[C@H]3[C@@H]4CC[C@H]([C@H](C)CCCC(C)C)[C@@]4(C)CC[C@@H]32)C1)CC(=O)NCCCN. The van der Waals surface area contributed by atoms with Crippen molar-refractivity contribution in [2.45, 2.75) is 208 Å². The lowest BCUT2D eigenvalue weighted by Crippen LogP contribution is -2.51. The Labute approximate surface area is 356 Å². The number of rotatable bonds is 27. The highest BCUT2D eigenvalue weighted by atomic mass is 16.6. The number of nitrogens with one attached hydrogen (secondary N) is 2. The number of allylic oxidation sites excluding steroid dienone is 1. The molecule has 58 heavy (non-hydrogen) atoms. The zero-order valence-corrected chi connectivity index (χ0v) is 38.5. The van der Waals surface area contributed by atoms with Crippen molar-refractivity contribution in [1.82, 2.24) is 15.5 Å². The van der Waals surface area contributed by atoms with Crippen LogP contribution in [0.3, 0.4) is 0 Å². The Kier molecular flexibility index (Phi) is 20.9. The van der Waals surface area contributed by atoms with E-state index < -0.39 is 0 Å². The van der Waals surface area contributed by atoms with Crippen LogP contribution in [0.15, 0.2) is 11.6 Å². The molecule has 4 N–H and O–H groups in total. The summed E-state index contributed by atoms with van der Waals surface area (Å²) in [4.78, 5) is 40.4. The number of alkyl carbamates (subject to hydrolysis) is 1. The smallest absolute Gasteiger partial charge is 0.407 e. The van der Waals surface area contributed by atoms with E-state index in [1.54, 1.807) is 10.5 Å². The van der Waals surface area contributed by atoms with Crippen LogP contribution in [0.4, 0.5) is 4.79 Å². The van der Waals surface area contributed by atoms with Crippen molar-refractivity contribution < 1.29 is 19.1 Å². The van der Waals surface area contributed by atoms with Crippen LogP contribution in [0, 0.1) is 46.3 Å². The largest absolute Gasteiger partial charge is 0.446 e. The number of fused-ring (bicyclic) bond motifs is 5. The van der Waals surface area contributed by atoms with Crippen LogP contribution in [0.5, 0.6) is 0 Å². The maximum atomic E-state index is 13.1. The Hall–Kier alpha value is -2.09. The third-order valence-electron chi connectivity index (χ3n) is 15.8. The highest BCUT2D eigenvalue weighted by molar-refractivity contribution is 5.84. The fourth-order valence-electron chi connectivity index (χ4n) is 12.3. The molecule has 0 spiro atoms. The third-order valence-corrected chi connectivity index (χ3v) is 15.8. The number of nitrogens with two attached hydrogens (primary N) is 1. The quantitative estimate of drug-likeness (QED) is 0.0565. The Morgan fingerprint density at radius 3 is 2.26 bits per heavy atom. The van der Waals surface area contributed by atoms with Crippen molar-refractivity contribution in [1.29, 1.82) is 0 Å². The lowest BCUT2D eigenvalue weighted by Gasteiger charge is -2.58. The Balaban J connectivity index is 1.14. The third kappa shape index (κ3) is 14.3. The number of hydrogen-bond acceptors (Lipinski definition) is 5. The van der Waals surface area contributed by atoms with Gasteiger partial charge in [-0.1, -0.05) is 130 Å². The first-order valence-corrected chi connectivity index (χ1v) is 24.8. The number of carbonyl (C=O) groups excluding carboxylic acids is 3. The van der Waals surface area contributed by atoms with E-state index in [9.17, 15) is 14.4 Å². The predicted molar refractivity (Wildman–Crippen MR) is 240 cm³/mol. The molecule has 0 aliphatic heterocycles. The summed E-state index contributed by atoms with van der Waals surface area (Å²) in [7, 11) is 0. The summed E-state index contributed by atoms with van der Waals surface area (Å²) in [6.45, 7) is 17.1. The molecule has 4 rings (SSSR count). The zero-order valence-electron chi connectivity index (χ0n) is 38.5. The standard InChI is InChI=1S/C50H90N4O4/c1-7-8-9-10-11-12-13-16-23-47(56)54(37-46(55)52-34-20-32-51)35-18-15-14-17-33-53-48(57)58-41-28-30-49(5)40(36-41)24-25-42-44-27-26-43(39(4)22-19-21-38(2)3)50(44,6)31-29-45(42)49/h24,38-39,41-45H,7-23,25-37,51H2,1-6H3,(H,52,55)(H,53,57)/t39-,41+,42+,43-,44+,45+,49+,50-/m1/s1. The second-order valence-corrected chi connectivity index (χ2v) is 20.4. The van der Waals surface area contributed by atoms with Gasteiger partial charge in [-0.2, -0.15) is 0 Å². The molecule has 0 saturated heterocycles. The Bertz CT molecular complexity index is 1270. The van der Waals surface area contributed by atoms with Crippen LogP contribution in [0.2, 0.25) is 0 Å². The van der Waals surface area contributed by atoms with Crippen LogP contribution in [0.25, 0.3) is 0 Å². The highest BCUT2D eigenvalue weighted by Crippen LogP contribution is 2.67. The van der Waals surface area contributed by atoms with Gasteiger partial charge in [-0.3, -0.25) is 9.59 Å². The first-order chi connectivity index (χ1) is 27.9. The minimum Gasteiger partial charge on any atom is -0.446 e. The zero-order chi connectivity index (χ0) is 42.0. The number of carbonyl (C=O) groups is 3. The molecule has 8 atom stereocenters. The minimum atomic E-state index is -0.283. The molecule has 3 saturated carbocycles. The van der Waals surface area contributed by atoms with E-state index in [-0.39, 0.29) is 36.0 Å². The van der Waals surface area contributed by atoms with Gasteiger partial charge in [-0.25, -0.2) is 4.79 Å². The number of nitrogens with zero attached hydrogens (tertiary/aromatic N) is 1. The molecule has 334 valence electrons. The minimum absolute atomic E-state index is 0.0332. The fourth-order valence-corrected chi connectivity index (χ4v) is 12.3. The number of amides is 3. The molecule has 3 fully saturated rings. The van der Waals surface area contributed by atoms with Crippen molar-refractivity contribution in [3.63, 3.8) is 0 Å². The molecule has 0 unspecified atom stereocenters. The first-order valence-electron chi connectivity index (χ1n) is 24.8. The van der Waals surface area contributed by atoms with E-state index in [1.807, 2.05) is 0 Å². The molecule has 8 nitrogen and oxygen atoms in total. The molecule has 8 heteroatoms. The number of ether oxygens (including phenoxy) is 1. The molecule has 0 bridgehead atoms. The first kappa shape index (κ1) is 48.6. The van der Waals surface area contributed by atoms with E-state index in [1.165, 1.54) is 89.9 Å². The molecule has 0 heterocycles. The summed E-state index contributed by atoms with van der Waals surface area (Å²) in [6.07, 6.45) is 30.6.